The molecule has 0 amide bonds. The van der Waals surface area contributed by atoms with Crippen LogP contribution < -0.4 is 0 Å². The maximum Gasteiger partial charge on any atom is -0.0281 e. The van der Waals surface area contributed by atoms with Crippen LogP contribution in [0.4, 0.5) is 0 Å². The van der Waals surface area contributed by atoms with Gasteiger partial charge in [-0.25, -0.2) is 0 Å². The Morgan fingerprint density at radius 1 is 0.722 bits per heavy atom. The summed E-state index contributed by atoms with van der Waals surface area (Å²) in [6, 6.07) is 19.2. The predicted octanol–water partition coefficient (Wildman–Crippen LogP) is 5.20. The quantitative estimate of drug-likeness (QED) is 0.692. The summed E-state index contributed by atoms with van der Waals surface area (Å²) in [5, 5.41) is 0. The van der Waals surface area contributed by atoms with Crippen molar-refractivity contribution in [2.45, 2.75) is 40.0 Å². The summed E-state index contributed by atoms with van der Waals surface area (Å²) in [7, 11) is 0. The fourth-order valence-corrected chi connectivity index (χ4v) is 1.76. The Bertz CT molecular complexity index is 412. The molecule has 18 heavy (non-hydrogen) atoms. The van der Waals surface area contributed by atoms with Crippen LogP contribution in [0.3, 0.4) is 0 Å². The molecule has 0 aliphatic carbocycles. The molecule has 96 valence electrons. The molecular formula is C18H24. The highest BCUT2D eigenvalue weighted by molar-refractivity contribution is 5.20. The molecule has 0 saturated carbocycles. The molecule has 0 atom stereocenters. The van der Waals surface area contributed by atoms with E-state index in [0.717, 1.165) is 6.42 Å². The van der Waals surface area contributed by atoms with Gasteiger partial charge in [0.05, 0.1) is 0 Å². The van der Waals surface area contributed by atoms with E-state index in [0.29, 0.717) is 0 Å². The van der Waals surface area contributed by atoms with E-state index in [1.54, 1.807) is 0 Å². The number of rotatable bonds is 3. The number of hydrogen-bond acceptors (Lipinski definition) is 0. The van der Waals surface area contributed by atoms with Crippen LogP contribution in [0, 0.1) is 6.92 Å². The Morgan fingerprint density at radius 2 is 1.33 bits per heavy atom. The average molecular weight is 240 g/mol. The second-order valence-electron chi connectivity index (χ2n) is 4.57. The smallest absolute Gasteiger partial charge is 0.0281 e. The monoisotopic (exact) mass is 240 g/mol. The van der Waals surface area contributed by atoms with E-state index >= 15 is 0 Å². The molecule has 0 aliphatic rings. The fourth-order valence-electron chi connectivity index (χ4n) is 1.76. The first kappa shape index (κ1) is 14.5. The van der Waals surface area contributed by atoms with Crippen LogP contribution in [-0.2, 0) is 12.8 Å². The normalized spacial score (nSPS) is 9.50. The first-order valence-corrected chi connectivity index (χ1v) is 6.85. The van der Waals surface area contributed by atoms with Crippen molar-refractivity contribution in [3.63, 3.8) is 0 Å². The lowest BCUT2D eigenvalue weighted by Crippen LogP contribution is -1.78. The Labute approximate surface area is 112 Å². The van der Waals surface area contributed by atoms with Gasteiger partial charge in [-0.15, -0.1) is 0 Å². The third-order valence-electron chi connectivity index (χ3n) is 2.91. The van der Waals surface area contributed by atoms with Gasteiger partial charge in [-0.2, -0.15) is 0 Å². The number of hydrogen-bond donors (Lipinski definition) is 0. The molecule has 0 fully saturated rings. The largest absolute Gasteiger partial charge is 0.0651 e. The lowest BCUT2D eigenvalue weighted by molar-refractivity contribution is 0.922. The molecule has 2 aromatic carbocycles. The highest BCUT2D eigenvalue weighted by atomic mass is 13.9. The Kier molecular flexibility index (Phi) is 6.86. The van der Waals surface area contributed by atoms with E-state index in [2.05, 4.69) is 75.4 Å². The van der Waals surface area contributed by atoms with Crippen molar-refractivity contribution in [3.8, 4) is 0 Å². The zero-order valence-electron chi connectivity index (χ0n) is 11.8. The Balaban J connectivity index is 0.000000180. The number of benzene rings is 2. The molecule has 0 N–H and O–H groups in total. The predicted molar refractivity (Wildman–Crippen MR) is 81.0 cm³/mol. The second-order valence-corrected chi connectivity index (χ2v) is 4.57. The highest BCUT2D eigenvalue weighted by Gasteiger charge is 1.85. The summed E-state index contributed by atoms with van der Waals surface area (Å²) < 4.78 is 0. The lowest BCUT2D eigenvalue weighted by Gasteiger charge is -1.94. The van der Waals surface area contributed by atoms with E-state index < -0.39 is 0 Å². The maximum absolute atomic E-state index is 2.20. The van der Waals surface area contributed by atoms with Crippen molar-refractivity contribution in [3.05, 3.63) is 71.3 Å². The summed E-state index contributed by atoms with van der Waals surface area (Å²) in [5.74, 6) is 0. The van der Waals surface area contributed by atoms with Gasteiger partial charge in [-0.3, -0.25) is 0 Å². The van der Waals surface area contributed by atoms with Gasteiger partial charge in [0.1, 0.15) is 0 Å². The molecule has 0 heteroatoms. The van der Waals surface area contributed by atoms with Crippen LogP contribution in [0.25, 0.3) is 0 Å². The van der Waals surface area contributed by atoms with Gasteiger partial charge in [0, 0.05) is 0 Å². The minimum Gasteiger partial charge on any atom is -0.0651 e. The van der Waals surface area contributed by atoms with Crippen molar-refractivity contribution < 1.29 is 0 Å². The minimum absolute atomic E-state index is 1.14. The summed E-state index contributed by atoms with van der Waals surface area (Å²) in [5.41, 5.74) is 4.20. The maximum atomic E-state index is 2.20. The second kappa shape index (κ2) is 8.52. The van der Waals surface area contributed by atoms with Crippen LogP contribution in [-0.4, -0.2) is 0 Å². The van der Waals surface area contributed by atoms with E-state index in [1.807, 2.05) is 0 Å². The molecule has 0 radical (unpaired) electrons. The van der Waals surface area contributed by atoms with Crippen molar-refractivity contribution in [2.75, 3.05) is 0 Å². The molecule has 0 spiro atoms. The standard InChI is InChI=1S/2C9H12/c1-3-9-6-4-8(2)5-7-9;1-2-6-9-7-4-3-5-8-9/h4-7H,3H2,1-2H3;3-5,7-8H,2,6H2,1H3. The van der Waals surface area contributed by atoms with Crippen molar-refractivity contribution >= 4 is 0 Å². The topological polar surface area (TPSA) is 0 Å². The molecule has 0 aromatic heterocycles. The number of aryl methyl sites for hydroxylation is 3. The Hall–Kier alpha value is -1.56. The van der Waals surface area contributed by atoms with Gasteiger partial charge in [0.2, 0.25) is 0 Å². The van der Waals surface area contributed by atoms with E-state index in [9.17, 15) is 0 Å². The molecule has 0 nitrogen and oxygen atoms in total. The van der Waals surface area contributed by atoms with Crippen molar-refractivity contribution in [2.24, 2.45) is 0 Å². The molecule has 2 rings (SSSR count). The van der Waals surface area contributed by atoms with Gasteiger partial charge in [0.25, 0.3) is 0 Å². The van der Waals surface area contributed by atoms with Crippen molar-refractivity contribution in [1.29, 1.82) is 0 Å². The molecular weight excluding hydrogens is 216 g/mol. The SMILES string of the molecule is CCCc1ccccc1.CCc1ccc(C)cc1. The minimum atomic E-state index is 1.14. The van der Waals surface area contributed by atoms with E-state index in [-0.39, 0.29) is 0 Å². The van der Waals surface area contributed by atoms with Crippen LogP contribution >= 0.6 is 0 Å². The van der Waals surface area contributed by atoms with E-state index in [1.165, 1.54) is 29.5 Å². The van der Waals surface area contributed by atoms with Gasteiger partial charge in [-0.1, -0.05) is 80.4 Å². The summed E-state index contributed by atoms with van der Waals surface area (Å²) in [6.07, 6.45) is 3.59. The average Bonchev–Trinajstić information content (AvgIpc) is 2.42. The molecule has 0 bridgehead atoms. The third-order valence-corrected chi connectivity index (χ3v) is 2.91. The first-order chi connectivity index (χ1) is 8.76. The summed E-state index contributed by atoms with van der Waals surface area (Å²) >= 11 is 0. The van der Waals surface area contributed by atoms with Crippen LogP contribution in [0.15, 0.2) is 54.6 Å². The van der Waals surface area contributed by atoms with Crippen LogP contribution in [0.5, 0.6) is 0 Å². The van der Waals surface area contributed by atoms with Crippen LogP contribution in [0.2, 0.25) is 0 Å². The van der Waals surface area contributed by atoms with Gasteiger partial charge in [0.15, 0.2) is 0 Å². The third kappa shape index (κ3) is 5.67. The molecule has 0 heterocycles. The molecule has 0 saturated heterocycles. The zero-order chi connectivity index (χ0) is 13.2. The first-order valence-electron chi connectivity index (χ1n) is 6.85. The van der Waals surface area contributed by atoms with E-state index in [4.69, 9.17) is 0 Å². The summed E-state index contributed by atoms with van der Waals surface area (Å²) in [6.45, 7) is 6.48. The zero-order valence-corrected chi connectivity index (χ0v) is 11.8. The molecule has 0 unspecified atom stereocenters. The van der Waals surface area contributed by atoms with Gasteiger partial charge < -0.3 is 0 Å². The van der Waals surface area contributed by atoms with Gasteiger partial charge in [-0.05, 0) is 30.9 Å². The lowest BCUT2D eigenvalue weighted by atomic mass is 10.1. The molecule has 2 aromatic rings. The molecule has 0 aliphatic heterocycles. The highest BCUT2D eigenvalue weighted by Crippen LogP contribution is 2.02. The summed E-state index contributed by atoms with van der Waals surface area (Å²) in [4.78, 5) is 0. The fraction of sp³-hybridized carbons (Fsp3) is 0.333. The van der Waals surface area contributed by atoms with Crippen LogP contribution in [0.1, 0.15) is 37.0 Å². The Morgan fingerprint density at radius 3 is 1.83 bits per heavy atom. The van der Waals surface area contributed by atoms with Crippen molar-refractivity contribution in [1.82, 2.24) is 0 Å². The van der Waals surface area contributed by atoms with Gasteiger partial charge >= 0.3 is 0 Å².